The number of pyridine rings is 2. The van der Waals surface area contributed by atoms with Crippen LogP contribution in [-0.4, -0.2) is 32.3 Å². The zero-order valence-corrected chi connectivity index (χ0v) is 18.7. The van der Waals surface area contributed by atoms with Gasteiger partial charge in [-0.2, -0.15) is 18.3 Å². The van der Waals surface area contributed by atoms with Gasteiger partial charge in [-0.15, -0.1) is 0 Å². The molecule has 36 heavy (non-hydrogen) atoms. The van der Waals surface area contributed by atoms with E-state index in [1.165, 1.54) is 35.5 Å². The van der Waals surface area contributed by atoms with Gasteiger partial charge in [-0.1, -0.05) is 6.07 Å². The maximum absolute atomic E-state index is 15.2. The molecule has 1 unspecified atom stereocenters. The van der Waals surface area contributed by atoms with Crippen LogP contribution in [0.1, 0.15) is 21.5 Å². The van der Waals surface area contributed by atoms with Crippen LogP contribution >= 0.6 is 0 Å². The van der Waals surface area contributed by atoms with Gasteiger partial charge in [0.2, 0.25) is 0 Å². The molecule has 1 aliphatic rings. The van der Waals surface area contributed by atoms with Gasteiger partial charge in [-0.25, -0.2) is 4.39 Å². The minimum atomic E-state index is -4.82. The second-order valence-electron chi connectivity index (χ2n) is 8.18. The number of anilines is 1. The molecule has 3 aromatic heterocycles. The van der Waals surface area contributed by atoms with E-state index in [0.29, 0.717) is 17.3 Å². The zero-order chi connectivity index (χ0) is 25.7. The van der Waals surface area contributed by atoms with E-state index in [9.17, 15) is 18.0 Å². The fourth-order valence-corrected chi connectivity index (χ4v) is 4.00. The summed E-state index contributed by atoms with van der Waals surface area (Å²) in [6.45, 7) is -0.0562. The van der Waals surface area contributed by atoms with Crippen LogP contribution in [0.3, 0.4) is 0 Å². The first-order chi connectivity index (χ1) is 17.1. The predicted octanol–water partition coefficient (Wildman–Crippen LogP) is 4.10. The summed E-state index contributed by atoms with van der Waals surface area (Å²) in [7, 11) is 1.56. The smallest absolute Gasteiger partial charge is 0.366 e. The van der Waals surface area contributed by atoms with Crippen LogP contribution < -0.4 is 11.1 Å². The Hall–Kier alpha value is -4.32. The summed E-state index contributed by atoms with van der Waals surface area (Å²) in [4.78, 5) is 20.4. The third-order valence-electron chi connectivity index (χ3n) is 5.74. The van der Waals surface area contributed by atoms with Crippen LogP contribution in [0.15, 0.2) is 61.2 Å². The predicted molar refractivity (Wildman–Crippen MR) is 121 cm³/mol. The molecule has 1 atom stereocenters. The van der Waals surface area contributed by atoms with E-state index in [4.69, 9.17) is 10.5 Å². The number of alkyl halides is 3. The standard InChI is InChI=1S/C24H18F4N6O2/c1-34-7-5-18(33-34)13-8-16(17(25)9-15(13)24(26,27)28)23(12-36-23)32-20-11-30-10-14(22(29)35)21(20)19-4-2-3-6-31-19/h2-11,32H,12H2,1H3,(H2,29,35). The molecule has 1 aliphatic heterocycles. The molecular formula is C24H18F4N6O2. The molecule has 0 bridgehead atoms. The highest BCUT2D eigenvalue weighted by Gasteiger charge is 2.50. The number of aromatic nitrogens is 4. The number of halogens is 4. The van der Waals surface area contributed by atoms with Gasteiger partial charge in [-0.05, 0) is 30.3 Å². The summed E-state index contributed by atoms with van der Waals surface area (Å²) in [6.07, 6.45) is 0.836. The van der Waals surface area contributed by atoms with Crippen molar-refractivity contribution in [3.8, 4) is 22.5 Å². The summed E-state index contributed by atoms with van der Waals surface area (Å²) >= 11 is 0. The SMILES string of the molecule is Cn1ccc(-c2cc(C3(Nc4cncc(C(N)=O)c4-c4ccccn4)CO3)c(F)cc2C(F)(F)F)n1. The van der Waals surface area contributed by atoms with Crippen LogP contribution in [0.2, 0.25) is 0 Å². The van der Waals surface area contributed by atoms with Crippen LogP contribution in [0, 0.1) is 5.82 Å². The Balaban J connectivity index is 1.64. The number of aryl methyl sites for hydroxylation is 1. The Morgan fingerprint density at radius 2 is 1.97 bits per heavy atom. The van der Waals surface area contributed by atoms with E-state index in [1.807, 2.05) is 0 Å². The first-order valence-corrected chi connectivity index (χ1v) is 10.6. The maximum Gasteiger partial charge on any atom is 0.417 e. The fraction of sp³-hybridized carbons (Fsp3) is 0.167. The van der Waals surface area contributed by atoms with Gasteiger partial charge >= 0.3 is 6.18 Å². The highest BCUT2D eigenvalue weighted by molar-refractivity contribution is 6.02. The first-order valence-electron chi connectivity index (χ1n) is 10.6. The van der Waals surface area contributed by atoms with Crippen LogP contribution in [0.4, 0.5) is 23.2 Å². The van der Waals surface area contributed by atoms with Crippen molar-refractivity contribution in [2.45, 2.75) is 11.9 Å². The van der Waals surface area contributed by atoms with E-state index < -0.39 is 29.2 Å². The quantitative estimate of drug-likeness (QED) is 0.306. The Morgan fingerprint density at radius 1 is 1.19 bits per heavy atom. The average Bonchev–Trinajstić information content (AvgIpc) is 3.48. The van der Waals surface area contributed by atoms with Crippen molar-refractivity contribution in [3.63, 3.8) is 0 Å². The Bertz CT molecular complexity index is 1470. The third kappa shape index (κ3) is 4.15. The van der Waals surface area contributed by atoms with Gasteiger partial charge in [0.25, 0.3) is 5.91 Å². The Morgan fingerprint density at radius 3 is 2.56 bits per heavy atom. The second-order valence-corrected chi connectivity index (χ2v) is 8.18. The molecule has 1 aromatic carbocycles. The lowest BCUT2D eigenvalue weighted by molar-refractivity contribution is -0.137. The van der Waals surface area contributed by atoms with Crippen molar-refractivity contribution < 1.29 is 27.1 Å². The van der Waals surface area contributed by atoms with Crippen LogP contribution in [0.5, 0.6) is 0 Å². The number of primary amides is 1. The third-order valence-corrected chi connectivity index (χ3v) is 5.74. The lowest BCUT2D eigenvalue weighted by Gasteiger charge is -2.22. The monoisotopic (exact) mass is 498 g/mol. The molecule has 184 valence electrons. The average molecular weight is 498 g/mol. The molecular weight excluding hydrogens is 480 g/mol. The Kier molecular flexibility index (Phi) is 5.47. The number of rotatable bonds is 6. The second kappa shape index (κ2) is 8.41. The normalized spacial score (nSPS) is 17.1. The number of carbonyl (C=O) groups is 1. The van der Waals surface area contributed by atoms with Gasteiger partial charge in [0.15, 0.2) is 5.72 Å². The van der Waals surface area contributed by atoms with Crippen molar-refractivity contribution in [2.75, 3.05) is 11.9 Å². The molecule has 8 nitrogen and oxygen atoms in total. The number of carbonyl (C=O) groups excluding carboxylic acids is 1. The number of hydrogen-bond donors (Lipinski definition) is 2. The molecule has 1 saturated heterocycles. The molecule has 0 saturated carbocycles. The number of epoxide rings is 1. The van der Waals surface area contributed by atoms with Gasteiger partial charge in [-0.3, -0.25) is 19.4 Å². The molecule has 0 aliphatic carbocycles. The van der Waals surface area contributed by atoms with E-state index >= 15 is 4.39 Å². The highest BCUT2D eigenvalue weighted by Crippen LogP contribution is 2.46. The fourth-order valence-electron chi connectivity index (χ4n) is 4.00. The summed E-state index contributed by atoms with van der Waals surface area (Å²) in [6, 6.07) is 7.94. The number of nitrogens with two attached hydrogens (primary N) is 1. The highest BCUT2D eigenvalue weighted by atomic mass is 19.4. The van der Waals surface area contributed by atoms with Gasteiger partial charge in [0.05, 0.1) is 34.4 Å². The molecule has 0 radical (unpaired) electrons. The lowest BCUT2D eigenvalue weighted by Crippen LogP contribution is -2.25. The van der Waals surface area contributed by atoms with Crippen molar-refractivity contribution in [1.82, 2.24) is 19.7 Å². The van der Waals surface area contributed by atoms with Crippen molar-refractivity contribution >= 4 is 11.6 Å². The number of nitrogens with zero attached hydrogens (tertiary/aromatic N) is 4. The number of amides is 1. The molecule has 1 amide bonds. The number of nitrogens with one attached hydrogen (secondary N) is 1. The minimum absolute atomic E-state index is 0.0217. The molecule has 1 fully saturated rings. The first kappa shape index (κ1) is 23.4. The molecule has 4 heterocycles. The van der Waals surface area contributed by atoms with Crippen molar-refractivity contribution in [2.24, 2.45) is 12.8 Å². The molecule has 3 N–H and O–H groups in total. The molecule has 4 aromatic rings. The van der Waals surface area contributed by atoms with E-state index in [-0.39, 0.29) is 34.7 Å². The lowest BCUT2D eigenvalue weighted by atomic mass is 9.96. The molecule has 5 rings (SSSR count). The van der Waals surface area contributed by atoms with Crippen molar-refractivity contribution in [1.29, 1.82) is 0 Å². The van der Waals surface area contributed by atoms with Crippen LogP contribution in [-0.2, 0) is 23.7 Å². The van der Waals surface area contributed by atoms with Gasteiger partial charge < -0.3 is 15.8 Å². The topological polar surface area (TPSA) is 111 Å². The largest absolute Gasteiger partial charge is 0.417 e. The summed E-state index contributed by atoms with van der Waals surface area (Å²) in [5.41, 5.74) is 3.39. The molecule has 12 heteroatoms. The number of hydrogen-bond acceptors (Lipinski definition) is 6. The van der Waals surface area contributed by atoms with Crippen molar-refractivity contribution in [3.05, 3.63) is 83.7 Å². The zero-order valence-electron chi connectivity index (χ0n) is 18.7. The minimum Gasteiger partial charge on any atom is -0.366 e. The Labute approximate surface area is 201 Å². The van der Waals surface area contributed by atoms with E-state index in [2.05, 4.69) is 20.4 Å². The summed E-state index contributed by atoms with van der Waals surface area (Å²) < 4.78 is 63.4. The molecule has 0 spiro atoms. The maximum atomic E-state index is 15.2. The number of benzene rings is 1. The van der Waals surface area contributed by atoms with Crippen LogP contribution in [0.25, 0.3) is 22.5 Å². The van der Waals surface area contributed by atoms with E-state index in [0.717, 1.165) is 6.07 Å². The van der Waals surface area contributed by atoms with Gasteiger partial charge in [0.1, 0.15) is 12.4 Å². The number of ether oxygens (including phenoxy) is 1. The van der Waals surface area contributed by atoms with Gasteiger partial charge in [0, 0.05) is 42.3 Å². The van der Waals surface area contributed by atoms with E-state index in [1.54, 1.807) is 25.2 Å². The summed E-state index contributed by atoms with van der Waals surface area (Å²) in [5.74, 6) is -1.89. The summed E-state index contributed by atoms with van der Waals surface area (Å²) in [5, 5.41) is 7.07.